The molecule has 2 rings (SSSR count). The van der Waals surface area contributed by atoms with Crippen molar-refractivity contribution in [1.29, 1.82) is 0 Å². The number of rotatable bonds is 8. The Labute approximate surface area is 167 Å². The van der Waals surface area contributed by atoms with Gasteiger partial charge in [0.15, 0.2) is 0 Å². The Morgan fingerprint density at radius 2 is 1.34 bits per heavy atom. The molecular formula is C20H21N5O4. The van der Waals surface area contributed by atoms with E-state index in [1.54, 1.807) is 36.4 Å². The van der Waals surface area contributed by atoms with E-state index in [4.69, 9.17) is 5.73 Å². The first-order valence-corrected chi connectivity index (χ1v) is 8.56. The minimum absolute atomic E-state index is 0.0840. The summed E-state index contributed by atoms with van der Waals surface area (Å²) in [7, 11) is 0. The van der Waals surface area contributed by atoms with Gasteiger partial charge >= 0.3 is 0 Å². The number of hydrogen-bond acceptors (Lipinski definition) is 5. The van der Waals surface area contributed by atoms with Gasteiger partial charge in [0, 0.05) is 35.1 Å². The molecule has 0 heterocycles. The molecule has 0 unspecified atom stereocenters. The number of amides is 4. The number of nitrogens with two attached hydrogens (primary N) is 1. The number of hydrogen-bond donors (Lipinski definition) is 5. The monoisotopic (exact) mass is 395 g/mol. The van der Waals surface area contributed by atoms with Crippen molar-refractivity contribution in [3.8, 4) is 0 Å². The molecule has 0 fully saturated rings. The fourth-order valence-electron chi connectivity index (χ4n) is 2.29. The van der Waals surface area contributed by atoms with Gasteiger partial charge in [0.05, 0.1) is 6.42 Å². The molecule has 0 spiro atoms. The summed E-state index contributed by atoms with van der Waals surface area (Å²) < 4.78 is 0. The number of primary amides is 1. The largest absolute Gasteiger partial charge is 0.366 e. The summed E-state index contributed by atoms with van der Waals surface area (Å²) in [6, 6.07) is 12.4. The van der Waals surface area contributed by atoms with Crippen LogP contribution in [-0.2, 0) is 9.59 Å². The van der Waals surface area contributed by atoms with Crippen molar-refractivity contribution in [2.75, 3.05) is 10.6 Å². The van der Waals surface area contributed by atoms with E-state index in [-0.39, 0.29) is 23.9 Å². The van der Waals surface area contributed by atoms with Gasteiger partial charge in [-0.15, -0.1) is 0 Å². The second-order valence-corrected chi connectivity index (χ2v) is 6.11. The third-order valence-electron chi connectivity index (χ3n) is 3.65. The van der Waals surface area contributed by atoms with Crippen LogP contribution < -0.4 is 27.2 Å². The molecule has 0 aliphatic heterocycles. The van der Waals surface area contributed by atoms with Gasteiger partial charge in [0.1, 0.15) is 0 Å². The lowest BCUT2D eigenvalue weighted by molar-refractivity contribution is -0.116. The Morgan fingerprint density at radius 3 is 1.86 bits per heavy atom. The smallest absolute Gasteiger partial charge is 0.269 e. The molecule has 0 aliphatic carbocycles. The highest BCUT2D eigenvalue weighted by molar-refractivity contribution is 5.96. The summed E-state index contributed by atoms with van der Waals surface area (Å²) in [5.74, 6) is -1.55. The van der Waals surface area contributed by atoms with Gasteiger partial charge in [0.2, 0.25) is 17.7 Å². The Balaban J connectivity index is 1.79. The Morgan fingerprint density at radius 1 is 0.828 bits per heavy atom. The van der Waals surface area contributed by atoms with Crippen LogP contribution in [0, 0.1) is 0 Å². The molecule has 0 saturated carbocycles. The number of nitrogens with one attached hydrogen (secondary N) is 4. The molecule has 2 aromatic rings. The Bertz CT molecular complexity index is 936. The molecule has 0 saturated heterocycles. The average molecular weight is 395 g/mol. The van der Waals surface area contributed by atoms with Gasteiger partial charge in [0.25, 0.3) is 5.91 Å². The number of carbonyl (C=O) groups is 4. The minimum Gasteiger partial charge on any atom is -0.366 e. The first-order chi connectivity index (χ1) is 13.7. The normalized spacial score (nSPS) is 9.83. The molecule has 2 aromatic carbocycles. The molecule has 150 valence electrons. The predicted octanol–water partition coefficient (Wildman–Crippen LogP) is 1.52. The molecule has 29 heavy (non-hydrogen) atoms. The van der Waals surface area contributed by atoms with E-state index < -0.39 is 11.8 Å². The van der Waals surface area contributed by atoms with Crippen LogP contribution in [0.1, 0.15) is 34.1 Å². The summed E-state index contributed by atoms with van der Waals surface area (Å²) in [5.41, 5.74) is 12.2. The van der Waals surface area contributed by atoms with Crippen molar-refractivity contribution in [1.82, 2.24) is 10.9 Å². The zero-order valence-electron chi connectivity index (χ0n) is 15.7. The third-order valence-corrected chi connectivity index (χ3v) is 3.65. The zero-order chi connectivity index (χ0) is 21.4. The lowest BCUT2D eigenvalue weighted by Gasteiger charge is -2.12. The fraction of sp³-hybridized carbons (Fsp3) is 0.100. The highest BCUT2D eigenvalue weighted by atomic mass is 16.2. The van der Waals surface area contributed by atoms with Crippen LogP contribution in [-0.4, -0.2) is 23.6 Å². The topological polar surface area (TPSA) is 142 Å². The number of hydrazine groups is 1. The summed E-state index contributed by atoms with van der Waals surface area (Å²) in [4.78, 5) is 46.2. The molecule has 0 bridgehead atoms. The second kappa shape index (κ2) is 9.70. The summed E-state index contributed by atoms with van der Waals surface area (Å²) in [5, 5.41) is 5.24. The van der Waals surface area contributed by atoms with Crippen molar-refractivity contribution in [3.63, 3.8) is 0 Å². The van der Waals surface area contributed by atoms with Gasteiger partial charge in [-0.3, -0.25) is 24.6 Å². The van der Waals surface area contributed by atoms with Crippen LogP contribution in [0.3, 0.4) is 0 Å². The van der Waals surface area contributed by atoms with Crippen molar-refractivity contribution >= 4 is 35.0 Å². The van der Waals surface area contributed by atoms with Crippen molar-refractivity contribution in [2.24, 2.45) is 5.73 Å². The van der Waals surface area contributed by atoms with Crippen LogP contribution in [0.5, 0.6) is 0 Å². The van der Waals surface area contributed by atoms with Gasteiger partial charge in [-0.25, -0.2) is 0 Å². The highest BCUT2D eigenvalue weighted by Crippen LogP contribution is 2.11. The van der Waals surface area contributed by atoms with Crippen LogP contribution in [0.4, 0.5) is 11.4 Å². The zero-order valence-corrected chi connectivity index (χ0v) is 15.7. The molecule has 0 radical (unpaired) electrons. The SMILES string of the molecule is C=C(CC(=O)Nc1ccc(C(N)=O)cc1)NNC(=O)c1ccc(NC(C)=O)cc1. The van der Waals surface area contributed by atoms with E-state index in [0.29, 0.717) is 22.5 Å². The molecule has 4 amide bonds. The van der Waals surface area contributed by atoms with Crippen LogP contribution in [0.2, 0.25) is 0 Å². The van der Waals surface area contributed by atoms with Crippen molar-refractivity contribution in [2.45, 2.75) is 13.3 Å². The molecule has 6 N–H and O–H groups in total. The third kappa shape index (κ3) is 6.83. The van der Waals surface area contributed by atoms with E-state index in [1.807, 2.05) is 0 Å². The second-order valence-electron chi connectivity index (χ2n) is 6.11. The van der Waals surface area contributed by atoms with E-state index >= 15 is 0 Å². The quantitative estimate of drug-likeness (QED) is 0.431. The minimum atomic E-state index is -0.555. The van der Waals surface area contributed by atoms with Gasteiger partial charge < -0.3 is 21.8 Å². The molecule has 0 aliphatic rings. The first-order valence-electron chi connectivity index (χ1n) is 8.56. The average Bonchev–Trinajstić information content (AvgIpc) is 2.66. The van der Waals surface area contributed by atoms with Crippen LogP contribution in [0.25, 0.3) is 0 Å². The summed E-state index contributed by atoms with van der Waals surface area (Å²) in [6.45, 7) is 5.08. The number of benzene rings is 2. The number of anilines is 2. The fourth-order valence-corrected chi connectivity index (χ4v) is 2.29. The molecule has 0 atom stereocenters. The lowest BCUT2D eigenvalue weighted by atomic mass is 10.2. The van der Waals surface area contributed by atoms with Crippen LogP contribution >= 0.6 is 0 Å². The lowest BCUT2D eigenvalue weighted by Crippen LogP contribution is -2.37. The van der Waals surface area contributed by atoms with Crippen LogP contribution in [0.15, 0.2) is 60.8 Å². The maximum absolute atomic E-state index is 12.1. The highest BCUT2D eigenvalue weighted by Gasteiger charge is 2.09. The maximum atomic E-state index is 12.1. The first kappa shape index (κ1) is 21.2. The Hall–Kier alpha value is -4.14. The molecule has 0 aromatic heterocycles. The van der Waals surface area contributed by atoms with E-state index in [2.05, 4.69) is 28.1 Å². The predicted molar refractivity (Wildman–Crippen MR) is 109 cm³/mol. The van der Waals surface area contributed by atoms with Crippen molar-refractivity contribution in [3.05, 3.63) is 71.9 Å². The summed E-state index contributed by atoms with van der Waals surface area (Å²) in [6.07, 6.45) is -0.0840. The van der Waals surface area contributed by atoms with Gasteiger partial charge in [-0.1, -0.05) is 6.58 Å². The van der Waals surface area contributed by atoms with Gasteiger partial charge in [-0.2, -0.15) is 0 Å². The van der Waals surface area contributed by atoms with Gasteiger partial charge in [-0.05, 0) is 48.5 Å². The van der Waals surface area contributed by atoms with E-state index in [0.717, 1.165) is 0 Å². The number of carbonyl (C=O) groups excluding carboxylic acids is 4. The van der Waals surface area contributed by atoms with E-state index in [1.165, 1.54) is 19.1 Å². The summed E-state index contributed by atoms with van der Waals surface area (Å²) >= 11 is 0. The maximum Gasteiger partial charge on any atom is 0.269 e. The molecular weight excluding hydrogens is 374 g/mol. The molecule has 9 nitrogen and oxygen atoms in total. The molecule has 9 heteroatoms. The van der Waals surface area contributed by atoms with Crippen molar-refractivity contribution < 1.29 is 19.2 Å². The van der Waals surface area contributed by atoms with E-state index in [9.17, 15) is 19.2 Å². The standard InChI is InChI=1S/C20H21N5O4/c1-12(11-18(27)23-17-7-3-14(4-8-17)19(21)28)24-25-20(29)15-5-9-16(10-6-15)22-13(2)26/h3-10,24H,1,11H2,2H3,(H2,21,28)(H,22,26)(H,23,27)(H,25,29). The Kier molecular flexibility index (Phi) is 7.08.